The van der Waals surface area contributed by atoms with Gasteiger partial charge in [0.25, 0.3) is 0 Å². The number of nitrogens with zero attached hydrogens (tertiary/aromatic N) is 2. The number of benzene rings is 1. The maximum atomic E-state index is 4.56. The Labute approximate surface area is 113 Å². The molecule has 2 aliphatic rings. The molecule has 1 saturated carbocycles. The zero-order valence-electron chi connectivity index (χ0n) is 11.0. The Morgan fingerprint density at radius 3 is 2.68 bits per heavy atom. The summed E-state index contributed by atoms with van der Waals surface area (Å²) in [4.78, 5) is 0. The molecule has 1 aliphatic heterocycles. The van der Waals surface area contributed by atoms with Crippen LogP contribution in [0.25, 0.3) is 5.69 Å². The summed E-state index contributed by atoms with van der Waals surface area (Å²) >= 11 is 0. The van der Waals surface area contributed by atoms with Gasteiger partial charge in [-0.25, -0.2) is 4.68 Å². The van der Waals surface area contributed by atoms with Crippen molar-refractivity contribution in [1.82, 2.24) is 15.1 Å². The van der Waals surface area contributed by atoms with Crippen molar-refractivity contribution in [3.05, 3.63) is 48.3 Å². The highest BCUT2D eigenvalue weighted by molar-refractivity contribution is 5.35. The Bertz CT molecular complexity index is 563. The van der Waals surface area contributed by atoms with E-state index in [4.69, 9.17) is 0 Å². The normalized spacial score (nSPS) is 26.7. The maximum Gasteiger partial charge on any atom is 0.0649 e. The lowest BCUT2D eigenvalue weighted by atomic mass is 9.87. The van der Waals surface area contributed by atoms with Crippen molar-refractivity contribution in [3.63, 3.8) is 0 Å². The molecule has 0 radical (unpaired) electrons. The Kier molecular flexibility index (Phi) is 2.49. The fraction of sp³-hybridized carbons (Fsp3) is 0.438. The number of hydrogen-bond acceptors (Lipinski definition) is 2. The van der Waals surface area contributed by atoms with E-state index in [2.05, 4.69) is 51.5 Å². The quantitative estimate of drug-likeness (QED) is 0.911. The number of aromatic nitrogens is 2. The van der Waals surface area contributed by atoms with Crippen LogP contribution in [-0.4, -0.2) is 16.3 Å². The van der Waals surface area contributed by atoms with Crippen molar-refractivity contribution >= 4 is 0 Å². The molecule has 3 heteroatoms. The van der Waals surface area contributed by atoms with E-state index in [1.54, 1.807) is 0 Å². The highest BCUT2D eigenvalue weighted by atomic mass is 15.3. The van der Waals surface area contributed by atoms with E-state index < -0.39 is 0 Å². The minimum Gasteiger partial charge on any atom is -0.306 e. The number of nitrogens with one attached hydrogen (secondary N) is 1. The van der Waals surface area contributed by atoms with Crippen LogP contribution in [0.1, 0.15) is 31.4 Å². The van der Waals surface area contributed by atoms with Gasteiger partial charge in [-0.05, 0) is 56.3 Å². The van der Waals surface area contributed by atoms with Crippen LogP contribution in [-0.2, 0) is 5.54 Å². The van der Waals surface area contributed by atoms with E-state index in [9.17, 15) is 0 Å². The molecule has 2 fully saturated rings. The molecule has 19 heavy (non-hydrogen) atoms. The fourth-order valence-corrected chi connectivity index (χ4v) is 3.54. The van der Waals surface area contributed by atoms with E-state index in [1.165, 1.54) is 31.4 Å². The second kappa shape index (κ2) is 4.20. The van der Waals surface area contributed by atoms with Crippen LogP contribution in [0.3, 0.4) is 0 Å². The lowest BCUT2D eigenvalue weighted by Crippen LogP contribution is -2.40. The molecular formula is C16H19N3. The van der Waals surface area contributed by atoms with Crippen LogP contribution in [0.5, 0.6) is 0 Å². The van der Waals surface area contributed by atoms with Crippen LogP contribution in [0.4, 0.5) is 0 Å². The molecule has 98 valence electrons. The molecule has 1 aromatic heterocycles. The molecule has 0 bridgehead atoms. The SMILES string of the molecule is c1ccc(-n2nccc2C2(C3CC3)CCCN2)cc1. The standard InChI is InChI=1S/C16H19N3/c1-2-5-14(6-3-1)19-15(9-12-18-19)16(13-7-8-13)10-4-11-17-16/h1-3,5-6,9,12-13,17H,4,7-8,10-11H2. The molecular weight excluding hydrogens is 234 g/mol. The number of hydrogen-bond donors (Lipinski definition) is 1. The molecule has 3 nitrogen and oxygen atoms in total. The number of para-hydroxylation sites is 1. The molecule has 2 aromatic rings. The third-order valence-electron chi connectivity index (χ3n) is 4.56. The Morgan fingerprint density at radius 1 is 1.16 bits per heavy atom. The van der Waals surface area contributed by atoms with Crippen molar-refractivity contribution in [2.24, 2.45) is 5.92 Å². The third-order valence-corrected chi connectivity index (χ3v) is 4.56. The predicted molar refractivity (Wildman–Crippen MR) is 75.2 cm³/mol. The van der Waals surface area contributed by atoms with Gasteiger partial charge in [0, 0.05) is 6.20 Å². The first-order chi connectivity index (χ1) is 9.40. The predicted octanol–water partition coefficient (Wildman–Crippen LogP) is 2.86. The highest BCUT2D eigenvalue weighted by Gasteiger charge is 2.49. The summed E-state index contributed by atoms with van der Waals surface area (Å²) in [7, 11) is 0. The second-order valence-electron chi connectivity index (χ2n) is 5.74. The molecule has 1 N–H and O–H groups in total. The summed E-state index contributed by atoms with van der Waals surface area (Å²) in [6, 6.07) is 12.7. The van der Waals surface area contributed by atoms with Gasteiger partial charge < -0.3 is 5.32 Å². The summed E-state index contributed by atoms with van der Waals surface area (Å²) in [6.07, 6.45) is 7.17. The topological polar surface area (TPSA) is 29.9 Å². The third kappa shape index (κ3) is 1.72. The first-order valence-electron chi connectivity index (χ1n) is 7.25. The monoisotopic (exact) mass is 253 g/mol. The second-order valence-corrected chi connectivity index (χ2v) is 5.74. The summed E-state index contributed by atoms with van der Waals surface area (Å²) < 4.78 is 2.12. The van der Waals surface area contributed by atoms with Gasteiger partial charge >= 0.3 is 0 Å². The molecule has 4 rings (SSSR count). The van der Waals surface area contributed by atoms with Gasteiger partial charge in [0.15, 0.2) is 0 Å². The van der Waals surface area contributed by atoms with Crippen LogP contribution in [0.2, 0.25) is 0 Å². The van der Waals surface area contributed by atoms with Gasteiger partial charge in [-0.15, -0.1) is 0 Å². The van der Waals surface area contributed by atoms with Gasteiger partial charge in [-0.2, -0.15) is 5.10 Å². The Morgan fingerprint density at radius 2 is 2.00 bits per heavy atom. The molecule has 1 aliphatic carbocycles. The average molecular weight is 253 g/mol. The first kappa shape index (κ1) is 11.2. The molecule has 1 saturated heterocycles. The van der Waals surface area contributed by atoms with Crippen molar-refractivity contribution in [2.45, 2.75) is 31.2 Å². The molecule has 1 aromatic carbocycles. The Hall–Kier alpha value is -1.61. The lowest BCUT2D eigenvalue weighted by Gasteiger charge is -2.30. The first-order valence-corrected chi connectivity index (χ1v) is 7.25. The zero-order chi connectivity index (χ0) is 12.7. The van der Waals surface area contributed by atoms with Crippen molar-refractivity contribution in [3.8, 4) is 5.69 Å². The van der Waals surface area contributed by atoms with Crippen LogP contribution < -0.4 is 5.32 Å². The molecule has 1 unspecified atom stereocenters. The molecule has 2 heterocycles. The van der Waals surface area contributed by atoms with E-state index >= 15 is 0 Å². The smallest absolute Gasteiger partial charge is 0.0649 e. The molecule has 0 amide bonds. The van der Waals surface area contributed by atoms with Crippen LogP contribution >= 0.6 is 0 Å². The van der Waals surface area contributed by atoms with Gasteiger partial charge in [0.05, 0.1) is 16.9 Å². The van der Waals surface area contributed by atoms with Gasteiger partial charge in [-0.1, -0.05) is 18.2 Å². The van der Waals surface area contributed by atoms with Gasteiger partial charge in [0.1, 0.15) is 0 Å². The summed E-state index contributed by atoms with van der Waals surface area (Å²) in [6.45, 7) is 1.14. The zero-order valence-corrected chi connectivity index (χ0v) is 11.0. The molecule has 0 spiro atoms. The van der Waals surface area contributed by atoms with Crippen LogP contribution in [0, 0.1) is 5.92 Å². The largest absolute Gasteiger partial charge is 0.306 e. The summed E-state index contributed by atoms with van der Waals surface area (Å²) in [5.41, 5.74) is 2.68. The van der Waals surface area contributed by atoms with Crippen molar-refractivity contribution in [1.29, 1.82) is 0 Å². The number of rotatable bonds is 3. The van der Waals surface area contributed by atoms with E-state index in [0.717, 1.165) is 18.2 Å². The van der Waals surface area contributed by atoms with E-state index in [-0.39, 0.29) is 5.54 Å². The van der Waals surface area contributed by atoms with Gasteiger partial charge in [-0.3, -0.25) is 0 Å². The van der Waals surface area contributed by atoms with E-state index in [1.807, 2.05) is 6.20 Å². The fourth-order valence-electron chi connectivity index (χ4n) is 3.54. The lowest BCUT2D eigenvalue weighted by molar-refractivity contribution is 0.318. The van der Waals surface area contributed by atoms with Crippen molar-refractivity contribution in [2.75, 3.05) is 6.54 Å². The minimum absolute atomic E-state index is 0.173. The summed E-state index contributed by atoms with van der Waals surface area (Å²) in [5, 5.41) is 8.35. The van der Waals surface area contributed by atoms with Crippen LogP contribution in [0.15, 0.2) is 42.6 Å². The highest BCUT2D eigenvalue weighted by Crippen LogP contribution is 2.50. The Balaban J connectivity index is 1.82. The average Bonchev–Trinajstić information content (AvgIpc) is 3.03. The summed E-state index contributed by atoms with van der Waals surface area (Å²) in [5.74, 6) is 0.800. The van der Waals surface area contributed by atoms with Gasteiger partial charge in [0.2, 0.25) is 0 Å². The molecule has 1 atom stereocenters. The minimum atomic E-state index is 0.173. The van der Waals surface area contributed by atoms with Crippen molar-refractivity contribution < 1.29 is 0 Å². The maximum absolute atomic E-state index is 4.56. The van der Waals surface area contributed by atoms with E-state index in [0.29, 0.717) is 0 Å².